The van der Waals surface area contributed by atoms with Gasteiger partial charge in [-0.1, -0.05) is 6.08 Å². The Bertz CT molecular complexity index is 1080. The highest BCUT2D eigenvalue weighted by molar-refractivity contribution is 5.84. The van der Waals surface area contributed by atoms with Crippen LogP contribution >= 0.6 is 0 Å². The summed E-state index contributed by atoms with van der Waals surface area (Å²) < 4.78 is 7.45. The van der Waals surface area contributed by atoms with E-state index in [1.54, 1.807) is 28.9 Å². The number of imidazole rings is 1. The van der Waals surface area contributed by atoms with E-state index in [0.717, 1.165) is 5.56 Å². The number of aliphatic hydroxyl groups excluding tert-OH is 2. The third-order valence-electron chi connectivity index (χ3n) is 4.73. The molecule has 0 bridgehead atoms. The maximum atomic E-state index is 10.8. The molecule has 0 spiro atoms. The lowest BCUT2D eigenvalue weighted by Crippen LogP contribution is -2.24. The Kier molecular flexibility index (Phi) is 4.92. The number of anilines is 1. The third-order valence-corrected chi connectivity index (χ3v) is 4.73. The van der Waals surface area contributed by atoms with Crippen LogP contribution in [0.2, 0.25) is 0 Å². The van der Waals surface area contributed by atoms with Gasteiger partial charge in [-0.25, -0.2) is 15.0 Å². The SMILES string of the molecule is Nc1ncnc2c1nc(/C=C/c1ccc([N+](=O)[O-])cc1)n2C1CC(O)C(CO)O1. The van der Waals surface area contributed by atoms with Gasteiger partial charge < -0.3 is 20.7 Å². The fraction of sp³-hybridized carbons (Fsp3) is 0.278. The number of benzene rings is 1. The summed E-state index contributed by atoms with van der Waals surface area (Å²) in [4.78, 5) is 23.0. The van der Waals surface area contributed by atoms with Gasteiger partial charge in [0.25, 0.3) is 5.69 Å². The molecule has 0 amide bonds. The molecule has 0 saturated carbocycles. The predicted octanol–water partition coefficient (Wildman–Crippen LogP) is 1.13. The molecule has 0 radical (unpaired) electrons. The number of fused-ring (bicyclic) bond motifs is 1. The minimum absolute atomic E-state index is 0.000764. The molecule has 150 valence electrons. The zero-order valence-electron chi connectivity index (χ0n) is 15.1. The number of nitrogens with two attached hydrogens (primary N) is 1. The molecule has 1 aromatic carbocycles. The fourth-order valence-corrected chi connectivity index (χ4v) is 3.26. The van der Waals surface area contributed by atoms with Crippen LogP contribution in [-0.2, 0) is 4.74 Å². The number of rotatable bonds is 5. The summed E-state index contributed by atoms with van der Waals surface area (Å²) in [6, 6.07) is 6.06. The molecule has 1 fully saturated rings. The van der Waals surface area contributed by atoms with E-state index < -0.39 is 23.4 Å². The highest BCUT2D eigenvalue weighted by atomic mass is 16.6. The molecular formula is C18H18N6O5. The summed E-state index contributed by atoms with van der Waals surface area (Å²) in [6.45, 7) is -0.310. The number of aromatic nitrogens is 4. The van der Waals surface area contributed by atoms with E-state index >= 15 is 0 Å². The molecule has 11 heteroatoms. The number of hydrogen-bond acceptors (Lipinski definition) is 9. The summed E-state index contributed by atoms with van der Waals surface area (Å²) in [5, 5.41) is 30.3. The molecule has 1 aliphatic rings. The van der Waals surface area contributed by atoms with Crippen LogP contribution in [0, 0.1) is 10.1 Å². The molecule has 3 atom stereocenters. The van der Waals surface area contributed by atoms with Gasteiger partial charge in [0.15, 0.2) is 17.0 Å². The van der Waals surface area contributed by atoms with E-state index in [1.165, 1.54) is 18.5 Å². The molecule has 3 aromatic rings. The van der Waals surface area contributed by atoms with Crippen molar-refractivity contribution in [2.45, 2.75) is 24.9 Å². The molecule has 4 rings (SSSR count). The Morgan fingerprint density at radius 3 is 2.72 bits per heavy atom. The fourth-order valence-electron chi connectivity index (χ4n) is 3.26. The van der Waals surface area contributed by atoms with Crippen LogP contribution in [0.3, 0.4) is 0 Å². The lowest BCUT2D eigenvalue weighted by molar-refractivity contribution is -0.384. The number of aliphatic hydroxyl groups is 2. The molecule has 1 aliphatic heterocycles. The summed E-state index contributed by atoms with van der Waals surface area (Å²) >= 11 is 0. The van der Waals surface area contributed by atoms with E-state index in [2.05, 4.69) is 15.0 Å². The smallest absolute Gasteiger partial charge is 0.269 e. The number of nitrogens with zero attached hydrogens (tertiary/aromatic N) is 5. The minimum atomic E-state index is -0.826. The van der Waals surface area contributed by atoms with E-state index in [1.807, 2.05) is 0 Å². The van der Waals surface area contributed by atoms with Crippen molar-refractivity contribution in [2.24, 2.45) is 0 Å². The van der Waals surface area contributed by atoms with Crippen LogP contribution in [0.1, 0.15) is 24.0 Å². The molecule has 3 heterocycles. The molecule has 29 heavy (non-hydrogen) atoms. The Balaban J connectivity index is 1.73. The Morgan fingerprint density at radius 1 is 1.31 bits per heavy atom. The van der Waals surface area contributed by atoms with Crippen LogP contribution in [0.15, 0.2) is 30.6 Å². The monoisotopic (exact) mass is 398 g/mol. The average Bonchev–Trinajstić information content (AvgIpc) is 3.27. The normalized spacial score (nSPS) is 21.9. The van der Waals surface area contributed by atoms with Crippen LogP contribution in [0.4, 0.5) is 11.5 Å². The van der Waals surface area contributed by atoms with E-state index in [9.17, 15) is 20.3 Å². The first-order chi connectivity index (χ1) is 14.0. The van der Waals surface area contributed by atoms with Gasteiger partial charge in [0.05, 0.1) is 17.6 Å². The van der Waals surface area contributed by atoms with Gasteiger partial charge in [-0.2, -0.15) is 0 Å². The number of nitro benzene ring substituents is 1. The van der Waals surface area contributed by atoms with Gasteiger partial charge in [-0.3, -0.25) is 14.7 Å². The second-order valence-electron chi connectivity index (χ2n) is 6.57. The summed E-state index contributed by atoms with van der Waals surface area (Å²) in [5.41, 5.74) is 7.49. The summed E-state index contributed by atoms with van der Waals surface area (Å²) in [7, 11) is 0. The maximum Gasteiger partial charge on any atom is 0.269 e. The lowest BCUT2D eigenvalue weighted by Gasteiger charge is -2.15. The average molecular weight is 398 g/mol. The third kappa shape index (κ3) is 3.53. The summed E-state index contributed by atoms with van der Waals surface area (Å²) in [5.74, 6) is 0.664. The van der Waals surface area contributed by atoms with E-state index in [-0.39, 0.29) is 24.5 Å². The van der Waals surface area contributed by atoms with Gasteiger partial charge in [-0.05, 0) is 23.8 Å². The zero-order chi connectivity index (χ0) is 20.5. The van der Waals surface area contributed by atoms with Gasteiger partial charge in [0.2, 0.25) is 0 Å². The Labute approximate surface area is 164 Å². The molecule has 0 aliphatic carbocycles. The molecule has 11 nitrogen and oxygen atoms in total. The van der Waals surface area contributed by atoms with Gasteiger partial charge in [-0.15, -0.1) is 0 Å². The largest absolute Gasteiger partial charge is 0.394 e. The van der Waals surface area contributed by atoms with E-state index in [4.69, 9.17) is 10.5 Å². The van der Waals surface area contributed by atoms with Crippen LogP contribution in [-0.4, -0.2) is 53.5 Å². The van der Waals surface area contributed by atoms with Crippen molar-refractivity contribution in [3.05, 3.63) is 52.1 Å². The van der Waals surface area contributed by atoms with Crippen molar-refractivity contribution >= 4 is 34.8 Å². The Hall–Kier alpha value is -3.41. The number of non-ortho nitro benzene ring substituents is 1. The highest BCUT2D eigenvalue weighted by Crippen LogP contribution is 2.33. The quantitative estimate of drug-likeness (QED) is 0.422. The first kappa shape index (κ1) is 18.9. The van der Waals surface area contributed by atoms with Crippen LogP contribution in [0.5, 0.6) is 0 Å². The summed E-state index contributed by atoms with van der Waals surface area (Å²) in [6.07, 6.45) is 2.87. The number of nitrogen functional groups attached to an aromatic ring is 1. The second-order valence-corrected chi connectivity index (χ2v) is 6.57. The van der Waals surface area contributed by atoms with Crippen molar-refractivity contribution in [1.82, 2.24) is 19.5 Å². The minimum Gasteiger partial charge on any atom is -0.394 e. The number of ether oxygens (including phenoxy) is 1. The Morgan fingerprint density at radius 2 is 2.07 bits per heavy atom. The molecular weight excluding hydrogens is 380 g/mol. The number of hydrogen-bond donors (Lipinski definition) is 3. The van der Waals surface area contributed by atoms with Crippen molar-refractivity contribution in [2.75, 3.05) is 12.3 Å². The first-order valence-corrected chi connectivity index (χ1v) is 8.83. The second kappa shape index (κ2) is 7.54. The van der Waals surface area contributed by atoms with Crippen molar-refractivity contribution in [3.63, 3.8) is 0 Å². The lowest BCUT2D eigenvalue weighted by atomic mass is 10.2. The van der Waals surface area contributed by atoms with Gasteiger partial charge in [0.1, 0.15) is 24.5 Å². The van der Waals surface area contributed by atoms with Crippen molar-refractivity contribution < 1.29 is 19.9 Å². The van der Waals surface area contributed by atoms with Crippen molar-refractivity contribution in [1.29, 1.82) is 0 Å². The molecule has 4 N–H and O–H groups in total. The van der Waals surface area contributed by atoms with Crippen LogP contribution in [0.25, 0.3) is 23.3 Å². The zero-order valence-corrected chi connectivity index (χ0v) is 15.1. The number of nitro groups is 1. The van der Waals surface area contributed by atoms with Crippen molar-refractivity contribution in [3.8, 4) is 0 Å². The topological polar surface area (TPSA) is 162 Å². The standard InChI is InChI=1S/C18H18N6O5/c19-17-16-18(21-9-20-17)23(15-7-12(26)13(8-25)29-15)14(22-16)6-3-10-1-4-11(5-2-10)24(27)28/h1-6,9,12-13,15,25-26H,7-8H2,(H2,19,20,21)/b6-3+. The van der Waals surface area contributed by atoms with Gasteiger partial charge >= 0.3 is 0 Å². The predicted molar refractivity (Wildman–Crippen MR) is 103 cm³/mol. The van der Waals surface area contributed by atoms with E-state index in [0.29, 0.717) is 17.0 Å². The highest BCUT2D eigenvalue weighted by Gasteiger charge is 2.36. The first-order valence-electron chi connectivity index (χ1n) is 8.83. The van der Waals surface area contributed by atoms with Crippen LogP contribution < -0.4 is 5.73 Å². The maximum absolute atomic E-state index is 10.8. The molecule has 3 unspecified atom stereocenters. The van der Waals surface area contributed by atoms with Gasteiger partial charge in [0, 0.05) is 18.6 Å². The molecule has 2 aromatic heterocycles. The molecule has 1 saturated heterocycles.